The summed E-state index contributed by atoms with van der Waals surface area (Å²) in [6, 6.07) is 0. The molecule has 0 aromatic rings. The van der Waals surface area contributed by atoms with E-state index in [9.17, 15) is 8.78 Å². The molecule has 0 aromatic heterocycles. The van der Waals surface area contributed by atoms with Gasteiger partial charge in [0.2, 0.25) is 5.92 Å². The highest BCUT2D eigenvalue weighted by atomic mass is 19.3. The van der Waals surface area contributed by atoms with Crippen LogP contribution in [0.1, 0.15) is 181 Å². The van der Waals surface area contributed by atoms with Crippen LogP contribution in [-0.2, 0) is 18.9 Å². The van der Waals surface area contributed by atoms with Crippen LogP contribution in [-0.4, -0.2) is 56.3 Å². The predicted octanol–water partition coefficient (Wildman–Crippen LogP) is 13.7. The van der Waals surface area contributed by atoms with Gasteiger partial charge in [-0.05, 0) is 158 Å². The normalized spacial score (nSPS) is 31.0. The van der Waals surface area contributed by atoms with Gasteiger partial charge in [0.1, 0.15) is 0 Å². The zero-order valence-electron chi connectivity index (χ0n) is 37.2. The van der Waals surface area contributed by atoms with Gasteiger partial charge < -0.3 is 18.9 Å². The molecule has 312 valence electrons. The minimum atomic E-state index is -2.36. The molecule has 6 heteroatoms. The smallest absolute Gasteiger partial charge is 0.248 e. The Morgan fingerprint density at radius 3 is 1.25 bits per heavy atom. The fourth-order valence-electron chi connectivity index (χ4n) is 8.60. The first-order valence-electron chi connectivity index (χ1n) is 22.0. The number of hydrogen-bond donors (Lipinski definition) is 0. The summed E-state index contributed by atoms with van der Waals surface area (Å²) in [5.74, 6) is 5.68. The summed E-state index contributed by atoms with van der Waals surface area (Å²) in [4.78, 5) is 0. The minimum Gasteiger partial charge on any atom is -0.381 e. The van der Waals surface area contributed by atoms with Crippen molar-refractivity contribution in [2.75, 3.05) is 26.4 Å². The van der Waals surface area contributed by atoms with E-state index in [0.717, 1.165) is 73.8 Å². The molecule has 0 spiro atoms. The molecule has 0 N–H and O–H groups in total. The number of rotatable bonds is 5. The van der Waals surface area contributed by atoms with E-state index in [-0.39, 0.29) is 18.4 Å². The second-order valence-corrected chi connectivity index (χ2v) is 19.7. The van der Waals surface area contributed by atoms with Crippen molar-refractivity contribution < 1.29 is 27.7 Å². The maximum atomic E-state index is 12.6. The van der Waals surface area contributed by atoms with E-state index in [2.05, 4.69) is 104 Å². The number of hydrogen-bond acceptors (Lipinski definition) is 4. The maximum Gasteiger partial charge on any atom is 0.248 e. The quantitative estimate of drug-likeness (QED) is 0.281. The van der Waals surface area contributed by atoms with Crippen molar-refractivity contribution in [1.29, 1.82) is 0 Å². The first-order valence-corrected chi connectivity index (χ1v) is 22.0. The molecule has 0 aromatic carbocycles. The monoisotopic (exact) mass is 745 g/mol. The van der Waals surface area contributed by atoms with Crippen molar-refractivity contribution in [2.45, 2.75) is 211 Å². The van der Waals surface area contributed by atoms with Gasteiger partial charge in [0, 0.05) is 39.3 Å². The van der Waals surface area contributed by atoms with Gasteiger partial charge >= 0.3 is 0 Å². The first-order chi connectivity index (χ1) is 24.1. The molecule has 1 aliphatic carbocycles. The summed E-state index contributed by atoms with van der Waals surface area (Å²) in [6.45, 7) is 37.6. The molecular weight excluding hydrogens is 654 g/mol. The third-order valence-corrected chi connectivity index (χ3v) is 12.7. The van der Waals surface area contributed by atoms with E-state index in [1.165, 1.54) is 51.4 Å². The van der Waals surface area contributed by atoms with Crippen LogP contribution in [0.4, 0.5) is 8.78 Å². The molecule has 5 unspecified atom stereocenters. The molecule has 0 amide bonds. The van der Waals surface area contributed by atoms with E-state index in [4.69, 9.17) is 18.9 Å². The molecule has 4 heterocycles. The average molecular weight is 745 g/mol. The van der Waals surface area contributed by atoms with Crippen LogP contribution < -0.4 is 0 Å². The van der Waals surface area contributed by atoms with Crippen LogP contribution in [0.3, 0.4) is 0 Å². The molecule has 52 heavy (non-hydrogen) atoms. The lowest BCUT2D eigenvalue weighted by molar-refractivity contribution is -0.0799. The van der Waals surface area contributed by atoms with Crippen LogP contribution in [0, 0.1) is 59.2 Å². The Labute approximate surface area is 323 Å². The van der Waals surface area contributed by atoms with Crippen molar-refractivity contribution in [2.24, 2.45) is 59.2 Å². The molecule has 0 bridgehead atoms. The van der Waals surface area contributed by atoms with Crippen molar-refractivity contribution in [3.05, 3.63) is 0 Å². The van der Waals surface area contributed by atoms with E-state index >= 15 is 0 Å². The van der Waals surface area contributed by atoms with Gasteiger partial charge in [-0.3, -0.25) is 0 Å². The molecule has 5 rings (SSSR count). The molecular formula is C46H90F2O4. The van der Waals surface area contributed by atoms with Gasteiger partial charge in [-0.25, -0.2) is 8.78 Å². The van der Waals surface area contributed by atoms with Gasteiger partial charge in [-0.2, -0.15) is 0 Å². The molecule has 4 aliphatic heterocycles. The Morgan fingerprint density at radius 2 is 0.885 bits per heavy atom. The largest absolute Gasteiger partial charge is 0.381 e. The molecule has 5 fully saturated rings. The van der Waals surface area contributed by atoms with Crippen LogP contribution in [0.15, 0.2) is 0 Å². The highest BCUT2D eigenvalue weighted by Gasteiger charge is 2.35. The fraction of sp³-hybridized carbons (Fsp3) is 1.00. The van der Waals surface area contributed by atoms with Crippen LogP contribution in [0.5, 0.6) is 0 Å². The van der Waals surface area contributed by atoms with Crippen LogP contribution in [0.25, 0.3) is 0 Å². The Kier molecular flexibility index (Phi) is 24.0. The lowest BCUT2D eigenvalue weighted by Gasteiger charge is -2.37. The van der Waals surface area contributed by atoms with E-state index < -0.39 is 5.92 Å². The van der Waals surface area contributed by atoms with Crippen molar-refractivity contribution in [3.8, 4) is 0 Å². The molecule has 4 nitrogen and oxygen atoms in total. The second kappa shape index (κ2) is 25.1. The van der Waals surface area contributed by atoms with E-state index in [0.29, 0.717) is 43.0 Å². The lowest BCUT2D eigenvalue weighted by atomic mass is 9.80. The SMILES string of the molecule is CC(C)C1CCC(F)(F)CC1.CC(C)C1CCOC(C)(C)C1.CC(C)C1CCOCC1.CC1CC(C(C)C)CC(C)O1.CC1CC(C(C)C)CCO1. The van der Waals surface area contributed by atoms with Crippen molar-refractivity contribution in [3.63, 3.8) is 0 Å². The molecule has 0 radical (unpaired) electrons. The number of halogens is 2. The highest BCUT2D eigenvalue weighted by Crippen LogP contribution is 2.39. The first kappa shape index (κ1) is 49.7. The third-order valence-electron chi connectivity index (χ3n) is 12.7. The summed E-state index contributed by atoms with van der Waals surface area (Å²) in [6.07, 6.45) is 13.2. The maximum absolute atomic E-state index is 12.6. The Bertz CT molecular complexity index is 856. The summed E-state index contributed by atoms with van der Waals surface area (Å²) < 4.78 is 47.3. The minimum absolute atomic E-state index is 0.107. The highest BCUT2D eigenvalue weighted by molar-refractivity contribution is 4.81. The van der Waals surface area contributed by atoms with Crippen LogP contribution >= 0.6 is 0 Å². The Balaban J connectivity index is 0.000000326. The summed E-state index contributed by atoms with van der Waals surface area (Å²) in [7, 11) is 0. The Hall–Kier alpha value is -0.300. The third kappa shape index (κ3) is 21.7. The van der Waals surface area contributed by atoms with Crippen LogP contribution in [0.2, 0.25) is 0 Å². The number of alkyl halides is 2. The average Bonchev–Trinajstić information content (AvgIpc) is 3.05. The number of ether oxygens (including phenoxy) is 4. The fourth-order valence-corrected chi connectivity index (χ4v) is 8.60. The summed E-state index contributed by atoms with van der Waals surface area (Å²) >= 11 is 0. The predicted molar refractivity (Wildman–Crippen MR) is 218 cm³/mol. The van der Waals surface area contributed by atoms with Gasteiger partial charge in [-0.15, -0.1) is 0 Å². The summed E-state index contributed by atoms with van der Waals surface area (Å²) in [5.41, 5.74) is 0.132. The van der Waals surface area contributed by atoms with E-state index in [1.54, 1.807) is 0 Å². The van der Waals surface area contributed by atoms with Crippen molar-refractivity contribution >= 4 is 0 Å². The molecule has 1 saturated carbocycles. The van der Waals surface area contributed by atoms with E-state index in [1.807, 2.05) is 0 Å². The zero-order chi connectivity index (χ0) is 39.6. The second-order valence-electron chi connectivity index (χ2n) is 19.7. The Morgan fingerprint density at radius 1 is 0.481 bits per heavy atom. The molecule has 5 atom stereocenters. The summed E-state index contributed by atoms with van der Waals surface area (Å²) in [5, 5.41) is 0. The van der Waals surface area contributed by atoms with Gasteiger partial charge in [-0.1, -0.05) is 69.2 Å². The zero-order valence-corrected chi connectivity index (χ0v) is 37.2. The topological polar surface area (TPSA) is 36.9 Å². The molecule has 4 saturated heterocycles. The van der Waals surface area contributed by atoms with Gasteiger partial charge in [0.25, 0.3) is 0 Å². The lowest BCUT2D eigenvalue weighted by Crippen LogP contribution is -2.35. The standard InChI is InChI=1S/2C10H20O.C9H16F2.C9H18O.C8H16O/c1-7(2)10-5-8(3)11-9(4)6-10;1-8(2)9-5-6-11-10(3,4)7-9;1-7(2)8-3-5-9(10,11)6-4-8;1-7(2)9-4-5-10-8(3)6-9;1-7(2)8-3-5-9-6-4-8/h7-10H,5-6H2,1-4H3;8-9H,5-7H2,1-4H3;7-8H,3-6H2,1-2H3;7-9H,4-6H2,1-3H3;7-8H,3-6H2,1-2H3. The van der Waals surface area contributed by atoms with Gasteiger partial charge in [0.05, 0.1) is 23.9 Å². The molecule has 5 aliphatic rings. The van der Waals surface area contributed by atoms with Crippen molar-refractivity contribution in [1.82, 2.24) is 0 Å². The van der Waals surface area contributed by atoms with Gasteiger partial charge in [0.15, 0.2) is 0 Å².